The van der Waals surface area contributed by atoms with E-state index in [1.54, 1.807) is 12.3 Å². The summed E-state index contributed by atoms with van der Waals surface area (Å²) in [6.45, 7) is 3.96. The third-order valence-electron chi connectivity index (χ3n) is 6.24. The van der Waals surface area contributed by atoms with Crippen LogP contribution in [0.1, 0.15) is 48.2 Å². The largest absolute Gasteiger partial charge is 0.480 e. The number of nitrogens with one attached hydrogen (secondary N) is 2. The van der Waals surface area contributed by atoms with Gasteiger partial charge in [-0.3, -0.25) is 14.9 Å². The second-order valence-corrected chi connectivity index (χ2v) is 8.34. The molecule has 2 amide bonds. The van der Waals surface area contributed by atoms with Gasteiger partial charge in [0.1, 0.15) is 5.65 Å². The quantitative estimate of drug-likeness (QED) is 0.640. The Kier molecular flexibility index (Phi) is 4.59. The number of carbonyl (C=O) groups excluding carboxylic acids is 2. The number of H-pyrrole nitrogens is 1. The van der Waals surface area contributed by atoms with E-state index < -0.39 is 0 Å². The Morgan fingerprint density at radius 3 is 2.81 bits per heavy atom. The van der Waals surface area contributed by atoms with Crippen molar-refractivity contribution >= 4 is 28.8 Å². The van der Waals surface area contributed by atoms with E-state index in [4.69, 9.17) is 4.74 Å². The van der Waals surface area contributed by atoms with Crippen molar-refractivity contribution in [1.82, 2.24) is 19.9 Å². The van der Waals surface area contributed by atoms with Gasteiger partial charge in [0, 0.05) is 31.3 Å². The van der Waals surface area contributed by atoms with Gasteiger partial charge in [-0.05, 0) is 48.9 Å². The van der Waals surface area contributed by atoms with Gasteiger partial charge in [0.15, 0.2) is 0 Å². The smallest absolute Gasteiger partial charge is 0.256 e. The molecule has 1 aliphatic carbocycles. The fourth-order valence-corrected chi connectivity index (χ4v) is 4.47. The van der Waals surface area contributed by atoms with Crippen molar-refractivity contribution in [2.45, 2.75) is 39.3 Å². The highest BCUT2D eigenvalue weighted by atomic mass is 16.5. The van der Waals surface area contributed by atoms with Crippen molar-refractivity contribution in [3.05, 3.63) is 35.0 Å². The van der Waals surface area contributed by atoms with Crippen LogP contribution in [0.25, 0.3) is 22.2 Å². The van der Waals surface area contributed by atoms with Crippen molar-refractivity contribution in [3.63, 3.8) is 0 Å². The number of ether oxygens (including phenoxy) is 1. The predicted molar refractivity (Wildman–Crippen MR) is 117 cm³/mol. The third-order valence-corrected chi connectivity index (χ3v) is 6.24. The van der Waals surface area contributed by atoms with E-state index in [0.29, 0.717) is 40.5 Å². The highest BCUT2D eigenvalue weighted by Gasteiger charge is 2.39. The minimum Gasteiger partial charge on any atom is -0.480 e. The van der Waals surface area contributed by atoms with E-state index >= 15 is 0 Å². The number of amides is 2. The number of aromatic amines is 1. The monoisotopic (exact) mass is 430 g/mol. The molecule has 1 saturated carbocycles. The van der Waals surface area contributed by atoms with Gasteiger partial charge in [-0.15, -0.1) is 0 Å². The second-order valence-electron chi connectivity index (χ2n) is 8.34. The van der Waals surface area contributed by atoms with Crippen LogP contribution in [0.4, 0.5) is 5.95 Å². The Labute approximate surface area is 184 Å². The number of hydrogen-bond acceptors (Lipinski definition) is 6. The molecule has 1 aromatic carbocycles. The Morgan fingerprint density at radius 1 is 1.38 bits per heavy atom. The Bertz CT molecular complexity index is 1320. The summed E-state index contributed by atoms with van der Waals surface area (Å²) in [4.78, 5) is 38.1. The molecule has 0 unspecified atom stereocenters. The molecule has 0 saturated heterocycles. The van der Waals surface area contributed by atoms with Crippen LogP contribution in [0.2, 0.25) is 0 Å². The minimum absolute atomic E-state index is 0.0673. The topological polar surface area (TPSA) is 124 Å². The molecular weight excluding hydrogens is 408 g/mol. The normalized spacial score (nSPS) is 16.1. The highest BCUT2D eigenvalue weighted by Crippen LogP contribution is 2.41. The van der Waals surface area contributed by atoms with Crippen molar-refractivity contribution in [2.75, 3.05) is 12.4 Å². The van der Waals surface area contributed by atoms with E-state index in [2.05, 4.69) is 33.3 Å². The number of methoxy groups -OCH3 is 1. The molecule has 3 aromatic rings. The van der Waals surface area contributed by atoms with Crippen LogP contribution in [-0.4, -0.2) is 44.8 Å². The molecule has 1 aliphatic heterocycles. The van der Waals surface area contributed by atoms with Crippen molar-refractivity contribution in [3.8, 4) is 23.1 Å². The maximum Gasteiger partial charge on any atom is 0.256 e. The average molecular weight is 430 g/mol. The lowest BCUT2D eigenvalue weighted by Gasteiger charge is -2.23. The number of carbonyl (C=O) groups is 2. The maximum atomic E-state index is 13.1. The first-order valence-corrected chi connectivity index (χ1v) is 10.5. The fourth-order valence-electron chi connectivity index (χ4n) is 4.47. The lowest BCUT2D eigenvalue weighted by atomic mass is 9.96. The molecule has 32 heavy (non-hydrogen) atoms. The molecule has 0 spiro atoms. The summed E-state index contributed by atoms with van der Waals surface area (Å²) in [5, 5.41) is 13.0. The minimum atomic E-state index is -0.287. The number of hydrogen-bond donors (Lipinski definition) is 2. The van der Waals surface area contributed by atoms with Crippen molar-refractivity contribution in [2.24, 2.45) is 5.92 Å². The molecule has 2 N–H and O–H groups in total. The van der Waals surface area contributed by atoms with E-state index in [1.165, 1.54) is 14.0 Å². The maximum absolute atomic E-state index is 13.1. The highest BCUT2D eigenvalue weighted by molar-refractivity contribution is 6.03. The number of nitrogens with zero attached hydrogens (tertiary/aromatic N) is 4. The SMILES string of the molecule is COc1nc(NC(C)=O)nc2[nH]cc(-c3cc(C#N)c4c(c3)CN([C@@H](C)C3CC3)C4=O)c12. The van der Waals surface area contributed by atoms with Gasteiger partial charge in [0.2, 0.25) is 17.7 Å². The summed E-state index contributed by atoms with van der Waals surface area (Å²) in [6, 6.07) is 6.05. The zero-order chi connectivity index (χ0) is 22.6. The number of anilines is 1. The van der Waals surface area contributed by atoms with Gasteiger partial charge < -0.3 is 14.6 Å². The zero-order valence-corrected chi connectivity index (χ0v) is 18.0. The van der Waals surface area contributed by atoms with Gasteiger partial charge in [0.25, 0.3) is 5.91 Å². The van der Waals surface area contributed by atoms with Gasteiger partial charge in [-0.25, -0.2) is 0 Å². The molecule has 162 valence electrons. The van der Waals surface area contributed by atoms with Crippen LogP contribution >= 0.6 is 0 Å². The molecule has 3 heterocycles. The van der Waals surface area contributed by atoms with Crippen LogP contribution in [0.15, 0.2) is 18.3 Å². The average Bonchev–Trinajstić information content (AvgIpc) is 3.45. The van der Waals surface area contributed by atoms with E-state index in [9.17, 15) is 14.9 Å². The first kappa shape index (κ1) is 20.0. The van der Waals surface area contributed by atoms with Crippen LogP contribution < -0.4 is 10.1 Å². The summed E-state index contributed by atoms with van der Waals surface area (Å²) < 4.78 is 5.47. The molecular formula is C23H22N6O3. The number of aromatic nitrogens is 3. The number of fused-ring (bicyclic) bond motifs is 2. The molecule has 5 rings (SSSR count). The van der Waals surface area contributed by atoms with Crippen LogP contribution in [0, 0.1) is 17.2 Å². The van der Waals surface area contributed by atoms with Gasteiger partial charge >= 0.3 is 0 Å². The molecule has 1 fully saturated rings. The molecule has 1 atom stereocenters. The molecule has 9 heteroatoms. The molecule has 2 aliphatic rings. The predicted octanol–water partition coefficient (Wildman–Crippen LogP) is 3.22. The summed E-state index contributed by atoms with van der Waals surface area (Å²) in [5.74, 6) is 0.629. The second kappa shape index (κ2) is 7.34. The number of benzene rings is 1. The Morgan fingerprint density at radius 2 is 2.16 bits per heavy atom. The van der Waals surface area contributed by atoms with Crippen molar-refractivity contribution < 1.29 is 14.3 Å². The van der Waals surface area contributed by atoms with Gasteiger partial charge in [0.05, 0.1) is 29.7 Å². The summed E-state index contributed by atoms with van der Waals surface area (Å²) in [6.07, 6.45) is 4.06. The molecule has 2 aromatic heterocycles. The molecule has 0 bridgehead atoms. The number of nitriles is 1. The van der Waals surface area contributed by atoms with Gasteiger partial charge in [-0.2, -0.15) is 15.2 Å². The van der Waals surface area contributed by atoms with E-state index in [0.717, 1.165) is 29.5 Å². The first-order chi connectivity index (χ1) is 15.4. The fraction of sp³-hybridized carbons (Fsp3) is 0.348. The van der Waals surface area contributed by atoms with Crippen LogP contribution in [-0.2, 0) is 11.3 Å². The van der Waals surface area contributed by atoms with Crippen LogP contribution in [0.5, 0.6) is 5.88 Å². The number of rotatable bonds is 5. The lowest BCUT2D eigenvalue weighted by Crippen LogP contribution is -2.34. The van der Waals surface area contributed by atoms with Crippen molar-refractivity contribution in [1.29, 1.82) is 5.26 Å². The Hall–Kier alpha value is -3.93. The first-order valence-electron chi connectivity index (χ1n) is 10.5. The summed E-state index contributed by atoms with van der Waals surface area (Å²) in [5.41, 5.74) is 3.73. The standard InChI is InChI=1S/C23H22N6O3/c1-11(13-4-5-13)29-10-16-7-14(6-15(8-24)18(16)22(29)31)17-9-25-20-19(17)21(32-3)28-23(27-20)26-12(2)30/h6-7,9,11,13H,4-5,10H2,1-3H3,(H2,25,26,27,28,30)/t11-/m0/s1. The summed E-state index contributed by atoms with van der Waals surface area (Å²) >= 11 is 0. The Balaban J connectivity index is 1.61. The summed E-state index contributed by atoms with van der Waals surface area (Å²) in [7, 11) is 1.50. The zero-order valence-electron chi connectivity index (χ0n) is 18.0. The van der Waals surface area contributed by atoms with Crippen LogP contribution in [0.3, 0.4) is 0 Å². The van der Waals surface area contributed by atoms with E-state index in [1.807, 2.05) is 11.0 Å². The lowest BCUT2D eigenvalue weighted by molar-refractivity contribution is -0.114. The van der Waals surface area contributed by atoms with Gasteiger partial charge in [-0.1, -0.05) is 0 Å². The molecule has 9 nitrogen and oxygen atoms in total. The van der Waals surface area contributed by atoms with E-state index in [-0.39, 0.29) is 23.8 Å². The molecule has 0 radical (unpaired) electrons. The third kappa shape index (κ3) is 3.15.